The number of hydrogen-bond acceptors (Lipinski definition) is 4. The summed E-state index contributed by atoms with van der Waals surface area (Å²) in [6, 6.07) is 12.6. The van der Waals surface area contributed by atoms with Crippen molar-refractivity contribution in [1.82, 2.24) is 0 Å². The highest BCUT2D eigenvalue weighted by Crippen LogP contribution is 2.39. The maximum absolute atomic E-state index is 12.9. The van der Waals surface area contributed by atoms with Gasteiger partial charge in [-0.3, -0.25) is 14.4 Å². The van der Waals surface area contributed by atoms with E-state index in [0.717, 1.165) is 28.5 Å². The molecule has 1 saturated heterocycles. The molecule has 27 heavy (non-hydrogen) atoms. The van der Waals surface area contributed by atoms with Crippen molar-refractivity contribution in [2.24, 2.45) is 0 Å². The molecule has 0 unspecified atom stereocenters. The van der Waals surface area contributed by atoms with Crippen molar-refractivity contribution in [2.75, 3.05) is 10.2 Å². The SMILES string of the molecule is CC(=O)Nc1ccc(N2C(=O)S/C(=C(/C)c3ccc(C)c(C)c3)C2=O)cc1. The van der Waals surface area contributed by atoms with Crippen molar-refractivity contribution >= 4 is 45.8 Å². The number of rotatable bonds is 3. The molecule has 3 amide bonds. The highest BCUT2D eigenvalue weighted by Gasteiger charge is 2.37. The summed E-state index contributed by atoms with van der Waals surface area (Å²) < 4.78 is 0. The largest absolute Gasteiger partial charge is 0.326 e. The minimum absolute atomic E-state index is 0.180. The van der Waals surface area contributed by atoms with Crippen molar-refractivity contribution in [2.45, 2.75) is 27.7 Å². The van der Waals surface area contributed by atoms with Gasteiger partial charge in [-0.2, -0.15) is 0 Å². The van der Waals surface area contributed by atoms with Gasteiger partial charge < -0.3 is 5.32 Å². The van der Waals surface area contributed by atoms with E-state index >= 15 is 0 Å². The maximum atomic E-state index is 12.9. The second kappa shape index (κ2) is 7.40. The zero-order chi connectivity index (χ0) is 19.7. The molecule has 1 fully saturated rings. The fourth-order valence-electron chi connectivity index (χ4n) is 2.82. The van der Waals surface area contributed by atoms with Crippen LogP contribution in [0.25, 0.3) is 5.57 Å². The second-order valence-corrected chi connectivity index (χ2v) is 7.45. The number of nitrogens with one attached hydrogen (secondary N) is 1. The fourth-order valence-corrected chi connectivity index (χ4v) is 3.73. The Morgan fingerprint density at radius 2 is 1.63 bits per heavy atom. The Morgan fingerprint density at radius 3 is 2.22 bits per heavy atom. The van der Waals surface area contributed by atoms with E-state index < -0.39 is 0 Å². The first-order valence-corrected chi connectivity index (χ1v) is 9.32. The number of carbonyl (C=O) groups excluding carboxylic acids is 3. The zero-order valence-electron chi connectivity index (χ0n) is 15.6. The molecule has 0 aromatic heterocycles. The van der Waals surface area contributed by atoms with E-state index in [0.29, 0.717) is 16.3 Å². The number of amides is 3. The minimum atomic E-state index is -0.328. The molecule has 0 radical (unpaired) electrons. The van der Waals surface area contributed by atoms with Crippen LogP contribution in [0.15, 0.2) is 47.4 Å². The number of anilines is 2. The van der Waals surface area contributed by atoms with Crippen molar-refractivity contribution in [1.29, 1.82) is 0 Å². The van der Waals surface area contributed by atoms with Crippen LogP contribution >= 0.6 is 11.8 Å². The number of aryl methyl sites for hydroxylation is 2. The summed E-state index contributed by atoms with van der Waals surface area (Å²) in [5.74, 6) is -0.506. The quantitative estimate of drug-likeness (QED) is 0.770. The van der Waals surface area contributed by atoms with E-state index in [1.807, 2.05) is 39.0 Å². The molecule has 6 heteroatoms. The maximum Gasteiger partial charge on any atom is 0.298 e. The Bertz CT molecular complexity index is 977. The first kappa shape index (κ1) is 18.9. The average molecular weight is 380 g/mol. The lowest BCUT2D eigenvalue weighted by Crippen LogP contribution is -2.27. The van der Waals surface area contributed by atoms with Gasteiger partial charge in [0.1, 0.15) is 0 Å². The third kappa shape index (κ3) is 3.80. The summed E-state index contributed by atoms with van der Waals surface area (Å²) in [5, 5.41) is 2.33. The predicted octanol–water partition coefficient (Wildman–Crippen LogP) is 4.89. The summed E-state index contributed by atoms with van der Waals surface area (Å²) in [5.41, 5.74) is 5.14. The van der Waals surface area contributed by atoms with Crippen LogP contribution in [0, 0.1) is 13.8 Å². The highest BCUT2D eigenvalue weighted by atomic mass is 32.2. The van der Waals surface area contributed by atoms with Gasteiger partial charge in [-0.1, -0.05) is 18.2 Å². The van der Waals surface area contributed by atoms with Gasteiger partial charge >= 0.3 is 0 Å². The third-order valence-electron chi connectivity index (χ3n) is 4.50. The van der Waals surface area contributed by atoms with Crippen molar-refractivity contribution in [3.05, 3.63) is 64.1 Å². The summed E-state index contributed by atoms with van der Waals surface area (Å²) in [6.07, 6.45) is 0. The van der Waals surface area contributed by atoms with Crippen LogP contribution in [0.4, 0.5) is 16.2 Å². The lowest BCUT2D eigenvalue weighted by atomic mass is 10.0. The van der Waals surface area contributed by atoms with Crippen molar-refractivity contribution in [3.63, 3.8) is 0 Å². The van der Waals surface area contributed by atoms with Crippen LogP contribution in [0.3, 0.4) is 0 Å². The monoisotopic (exact) mass is 380 g/mol. The molecule has 0 spiro atoms. The fraction of sp³-hybridized carbons (Fsp3) is 0.190. The third-order valence-corrected chi connectivity index (χ3v) is 5.54. The van der Waals surface area contributed by atoms with E-state index in [-0.39, 0.29) is 17.1 Å². The van der Waals surface area contributed by atoms with E-state index in [1.165, 1.54) is 17.4 Å². The molecule has 138 valence electrons. The first-order chi connectivity index (χ1) is 12.8. The number of allylic oxidation sites excluding steroid dienone is 1. The van der Waals surface area contributed by atoms with Gasteiger partial charge in [-0.05, 0) is 79.1 Å². The van der Waals surface area contributed by atoms with Crippen molar-refractivity contribution < 1.29 is 14.4 Å². The molecule has 1 heterocycles. The Morgan fingerprint density at radius 1 is 0.963 bits per heavy atom. The number of hydrogen-bond donors (Lipinski definition) is 1. The average Bonchev–Trinajstić information content (AvgIpc) is 2.91. The number of nitrogens with zero attached hydrogens (tertiary/aromatic N) is 1. The first-order valence-electron chi connectivity index (χ1n) is 8.50. The number of carbonyl (C=O) groups is 3. The predicted molar refractivity (Wildman–Crippen MR) is 110 cm³/mol. The molecule has 0 aliphatic carbocycles. The molecular formula is C21H20N2O3S. The van der Waals surface area contributed by atoms with E-state index in [2.05, 4.69) is 5.32 Å². The molecule has 0 bridgehead atoms. The molecule has 1 aliphatic heterocycles. The van der Waals surface area contributed by atoms with Gasteiger partial charge in [-0.25, -0.2) is 4.90 Å². The lowest BCUT2D eigenvalue weighted by molar-refractivity contribution is -0.114. The van der Waals surface area contributed by atoms with Gasteiger partial charge in [0.25, 0.3) is 11.1 Å². The topological polar surface area (TPSA) is 66.5 Å². The van der Waals surface area contributed by atoms with Crippen LogP contribution in [0.5, 0.6) is 0 Å². The summed E-state index contributed by atoms with van der Waals surface area (Å²) in [6.45, 7) is 7.34. The highest BCUT2D eigenvalue weighted by molar-refractivity contribution is 8.19. The summed E-state index contributed by atoms with van der Waals surface area (Å²) >= 11 is 0.952. The standard InChI is InChI=1S/C21H20N2O3S/c1-12-5-6-16(11-13(12)2)14(3)19-20(25)23(21(26)27-19)18-9-7-17(8-10-18)22-15(4)24/h5-11H,1-4H3,(H,22,24)/b19-14-. The second-order valence-electron chi connectivity index (χ2n) is 6.49. The molecule has 1 aliphatic rings. The van der Waals surface area contributed by atoms with Crippen LogP contribution in [0.2, 0.25) is 0 Å². The lowest BCUT2D eigenvalue weighted by Gasteiger charge is -2.13. The Hall–Kier alpha value is -2.86. The molecule has 2 aromatic carbocycles. The number of benzene rings is 2. The van der Waals surface area contributed by atoms with E-state index in [1.54, 1.807) is 24.3 Å². The van der Waals surface area contributed by atoms with Gasteiger partial charge in [0.15, 0.2) is 0 Å². The van der Waals surface area contributed by atoms with Crippen molar-refractivity contribution in [3.8, 4) is 0 Å². The molecule has 2 aromatic rings. The molecule has 0 saturated carbocycles. The smallest absolute Gasteiger partial charge is 0.298 e. The van der Waals surface area contributed by atoms with E-state index in [4.69, 9.17) is 0 Å². The van der Waals surface area contributed by atoms with Gasteiger partial charge in [-0.15, -0.1) is 0 Å². The number of thioether (sulfide) groups is 1. The summed E-state index contributed by atoms with van der Waals surface area (Å²) in [4.78, 5) is 38.1. The van der Waals surface area contributed by atoms with Gasteiger partial charge in [0.05, 0.1) is 10.6 Å². The Kier molecular flexibility index (Phi) is 5.19. The minimum Gasteiger partial charge on any atom is -0.326 e. The molecule has 5 nitrogen and oxygen atoms in total. The van der Waals surface area contributed by atoms with Gasteiger partial charge in [0.2, 0.25) is 5.91 Å². The van der Waals surface area contributed by atoms with E-state index in [9.17, 15) is 14.4 Å². The van der Waals surface area contributed by atoms with Crippen LogP contribution in [-0.4, -0.2) is 17.1 Å². The zero-order valence-corrected chi connectivity index (χ0v) is 16.4. The van der Waals surface area contributed by atoms with Crippen LogP contribution in [-0.2, 0) is 9.59 Å². The summed E-state index contributed by atoms with van der Waals surface area (Å²) in [7, 11) is 0. The molecular weight excluding hydrogens is 360 g/mol. The Labute approximate surface area is 162 Å². The molecule has 1 N–H and O–H groups in total. The molecule has 0 atom stereocenters. The van der Waals surface area contributed by atoms with Gasteiger partial charge in [0, 0.05) is 12.6 Å². The number of imide groups is 1. The van der Waals surface area contributed by atoms with Crippen LogP contribution in [0.1, 0.15) is 30.5 Å². The van der Waals surface area contributed by atoms with Crippen LogP contribution < -0.4 is 10.2 Å². The normalized spacial score (nSPS) is 15.9. The Balaban J connectivity index is 1.92. The molecule has 3 rings (SSSR count).